The smallest absolute Gasteiger partial charge is 0.238 e. The van der Waals surface area contributed by atoms with Gasteiger partial charge in [-0.1, -0.05) is 30.0 Å². The molecule has 4 rings (SSSR count). The topological polar surface area (TPSA) is 115 Å². The summed E-state index contributed by atoms with van der Waals surface area (Å²) < 4.78 is 36.4. The summed E-state index contributed by atoms with van der Waals surface area (Å²) in [6, 6.07) is 11.9. The second kappa shape index (κ2) is 8.94. The first kappa shape index (κ1) is 22.3. The Bertz CT molecular complexity index is 1410. The highest BCUT2D eigenvalue weighted by molar-refractivity contribution is 8.00. The number of halogens is 1. The van der Waals surface area contributed by atoms with Crippen molar-refractivity contribution in [3.63, 3.8) is 0 Å². The molecule has 2 heterocycles. The Morgan fingerprint density at radius 1 is 1.19 bits per heavy atom. The lowest BCUT2D eigenvalue weighted by Crippen LogP contribution is -2.23. The van der Waals surface area contributed by atoms with Crippen molar-refractivity contribution in [2.75, 3.05) is 5.32 Å². The van der Waals surface area contributed by atoms with Gasteiger partial charge >= 0.3 is 0 Å². The number of aromatic nitrogens is 2. The van der Waals surface area contributed by atoms with E-state index in [4.69, 9.17) is 5.14 Å². The molecule has 1 amide bonds. The molecule has 3 N–H and O–H groups in total. The zero-order valence-corrected chi connectivity index (χ0v) is 19.1. The zero-order valence-electron chi connectivity index (χ0n) is 16.7. The van der Waals surface area contributed by atoms with Gasteiger partial charge in [0.2, 0.25) is 15.9 Å². The number of rotatable bonds is 6. The fourth-order valence-electron chi connectivity index (χ4n) is 2.99. The third-order valence-corrected chi connectivity index (χ3v) is 7.48. The van der Waals surface area contributed by atoms with Crippen LogP contribution in [0.3, 0.4) is 0 Å². The van der Waals surface area contributed by atoms with Gasteiger partial charge in [-0.3, -0.25) is 4.79 Å². The van der Waals surface area contributed by atoms with Crippen molar-refractivity contribution in [2.45, 2.75) is 22.1 Å². The normalized spacial score (nSPS) is 12.6. The first-order valence-electron chi connectivity index (χ1n) is 9.31. The molecule has 4 aromatic rings. The number of primary sulfonamides is 1. The molecule has 2 aromatic heterocycles. The Morgan fingerprint density at radius 3 is 2.66 bits per heavy atom. The van der Waals surface area contributed by atoms with Gasteiger partial charge in [0, 0.05) is 16.6 Å². The van der Waals surface area contributed by atoms with E-state index in [-0.39, 0.29) is 16.6 Å². The number of thioether (sulfide) groups is 1. The van der Waals surface area contributed by atoms with E-state index in [0.717, 1.165) is 21.3 Å². The number of nitrogens with two attached hydrogens (primary N) is 1. The SMILES string of the molecule is CC(Sc1ncnc2scc(-c3ccc(F)cc3)c12)C(=O)Nc1cccc(S(N)(=O)=O)c1. The summed E-state index contributed by atoms with van der Waals surface area (Å²) in [6.45, 7) is 1.72. The molecule has 0 aliphatic carbocycles. The Hall–Kier alpha value is -2.86. The van der Waals surface area contributed by atoms with Gasteiger partial charge in [-0.2, -0.15) is 0 Å². The highest BCUT2D eigenvalue weighted by Crippen LogP contribution is 2.39. The zero-order chi connectivity index (χ0) is 22.9. The van der Waals surface area contributed by atoms with E-state index in [9.17, 15) is 17.6 Å². The van der Waals surface area contributed by atoms with Crippen molar-refractivity contribution in [2.24, 2.45) is 5.14 Å². The average Bonchev–Trinajstić information content (AvgIpc) is 3.19. The minimum atomic E-state index is -3.88. The van der Waals surface area contributed by atoms with Gasteiger partial charge in [-0.25, -0.2) is 27.9 Å². The Labute approximate surface area is 192 Å². The Balaban J connectivity index is 1.59. The largest absolute Gasteiger partial charge is 0.325 e. The summed E-state index contributed by atoms with van der Waals surface area (Å²) in [6.07, 6.45) is 1.44. The number of thiophene rings is 1. The molecule has 1 atom stereocenters. The predicted molar refractivity (Wildman–Crippen MR) is 125 cm³/mol. The highest BCUT2D eigenvalue weighted by Gasteiger charge is 2.20. The van der Waals surface area contributed by atoms with Crippen LogP contribution in [0, 0.1) is 5.82 Å². The fourth-order valence-corrected chi connectivity index (χ4v) is 5.47. The van der Waals surface area contributed by atoms with Crippen molar-refractivity contribution in [1.82, 2.24) is 9.97 Å². The third kappa shape index (κ3) is 4.80. The Morgan fingerprint density at radius 2 is 1.94 bits per heavy atom. The summed E-state index contributed by atoms with van der Waals surface area (Å²) in [4.78, 5) is 22.1. The van der Waals surface area contributed by atoms with Crippen LogP contribution in [-0.2, 0) is 14.8 Å². The van der Waals surface area contributed by atoms with Gasteiger partial charge in [0.05, 0.1) is 15.5 Å². The number of benzene rings is 2. The first-order chi connectivity index (χ1) is 15.2. The minimum Gasteiger partial charge on any atom is -0.325 e. The van der Waals surface area contributed by atoms with Crippen LogP contribution >= 0.6 is 23.1 Å². The van der Waals surface area contributed by atoms with E-state index in [2.05, 4.69) is 15.3 Å². The van der Waals surface area contributed by atoms with Crippen LogP contribution in [0.5, 0.6) is 0 Å². The van der Waals surface area contributed by atoms with Gasteiger partial charge in [0.1, 0.15) is 22.0 Å². The molecule has 0 aliphatic rings. The predicted octanol–water partition coefficient (Wildman–Crippen LogP) is 4.26. The van der Waals surface area contributed by atoms with Crippen LogP contribution in [0.1, 0.15) is 6.92 Å². The lowest BCUT2D eigenvalue weighted by atomic mass is 10.1. The number of carbonyl (C=O) groups is 1. The number of fused-ring (bicyclic) bond motifs is 1. The number of hydrogen-bond donors (Lipinski definition) is 2. The fraction of sp³-hybridized carbons (Fsp3) is 0.0952. The van der Waals surface area contributed by atoms with Crippen molar-refractivity contribution in [3.8, 4) is 11.1 Å². The van der Waals surface area contributed by atoms with Crippen molar-refractivity contribution in [1.29, 1.82) is 0 Å². The summed E-state index contributed by atoms with van der Waals surface area (Å²) in [5.41, 5.74) is 2.01. The summed E-state index contributed by atoms with van der Waals surface area (Å²) in [5, 5.41) is 10.7. The third-order valence-electron chi connectivity index (χ3n) is 4.58. The number of carbonyl (C=O) groups excluding carboxylic acids is 1. The van der Waals surface area contributed by atoms with Crippen LogP contribution in [0.15, 0.2) is 70.2 Å². The highest BCUT2D eigenvalue weighted by atomic mass is 32.2. The number of nitrogens with zero attached hydrogens (tertiary/aromatic N) is 2. The quantitative estimate of drug-likeness (QED) is 0.309. The standard InChI is InChI=1S/C21H17FN4O3S3/c1-12(19(27)26-15-3-2-4-16(9-15)32(23,28)29)31-21-18-17(10-30-20(18)24-11-25-21)13-5-7-14(22)8-6-13/h2-12H,1H3,(H,26,27)(H2,23,28,29). The Kier molecular flexibility index (Phi) is 6.24. The molecule has 0 saturated carbocycles. The van der Waals surface area contributed by atoms with Crippen LogP contribution in [0.2, 0.25) is 0 Å². The molecule has 0 bridgehead atoms. The summed E-state index contributed by atoms with van der Waals surface area (Å²) in [7, 11) is -3.88. The number of anilines is 1. The van der Waals surface area contributed by atoms with Crippen LogP contribution in [0.25, 0.3) is 21.3 Å². The molecule has 11 heteroatoms. The second-order valence-corrected chi connectivity index (χ2v) is 10.6. The molecule has 32 heavy (non-hydrogen) atoms. The first-order valence-corrected chi connectivity index (χ1v) is 12.6. The number of amides is 1. The molecule has 164 valence electrons. The average molecular weight is 489 g/mol. The molecule has 0 fully saturated rings. The molecule has 1 unspecified atom stereocenters. The van der Waals surface area contributed by atoms with Gasteiger partial charge in [-0.15, -0.1) is 11.3 Å². The molecule has 0 aliphatic heterocycles. The molecule has 0 spiro atoms. The van der Waals surface area contributed by atoms with Crippen LogP contribution < -0.4 is 10.5 Å². The van der Waals surface area contributed by atoms with Gasteiger partial charge in [0.25, 0.3) is 0 Å². The molecule has 0 radical (unpaired) electrons. The maximum absolute atomic E-state index is 13.3. The van der Waals surface area contributed by atoms with Crippen molar-refractivity contribution < 1.29 is 17.6 Å². The van der Waals surface area contributed by atoms with Crippen LogP contribution in [0.4, 0.5) is 10.1 Å². The molecular weight excluding hydrogens is 471 g/mol. The summed E-state index contributed by atoms with van der Waals surface area (Å²) in [5.74, 6) is -0.650. The van der Waals surface area contributed by atoms with E-state index < -0.39 is 15.3 Å². The van der Waals surface area contributed by atoms with E-state index in [0.29, 0.717) is 10.7 Å². The van der Waals surface area contributed by atoms with Crippen LogP contribution in [-0.4, -0.2) is 29.5 Å². The lowest BCUT2D eigenvalue weighted by Gasteiger charge is -2.13. The van der Waals surface area contributed by atoms with E-state index in [1.165, 1.54) is 59.8 Å². The molecule has 2 aromatic carbocycles. The minimum absolute atomic E-state index is 0.0877. The molecule has 7 nitrogen and oxygen atoms in total. The van der Waals surface area contributed by atoms with Gasteiger partial charge in [0.15, 0.2) is 0 Å². The molecular formula is C21H17FN4O3S3. The van der Waals surface area contributed by atoms with Gasteiger partial charge in [-0.05, 0) is 42.8 Å². The number of sulfonamides is 1. The maximum atomic E-state index is 13.3. The van der Waals surface area contributed by atoms with Crippen molar-refractivity contribution in [3.05, 3.63) is 66.1 Å². The summed E-state index contributed by atoms with van der Waals surface area (Å²) >= 11 is 2.69. The maximum Gasteiger partial charge on any atom is 0.238 e. The van der Waals surface area contributed by atoms with Gasteiger partial charge < -0.3 is 5.32 Å². The lowest BCUT2D eigenvalue weighted by molar-refractivity contribution is -0.115. The van der Waals surface area contributed by atoms with E-state index in [1.54, 1.807) is 25.1 Å². The molecule has 0 saturated heterocycles. The van der Waals surface area contributed by atoms with Crippen molar-refractivity contribution >= 4 is 54.9 Å². The monoisotopic (exact) mass is 488 g/mol. The number of hydrogen-bond acceptors (Lipinski definition) is 7. The van der Waals surface area contributed by atoms with E-state index >= 15 is 0 Å². The van der Waals surface area contributed by atoms with E-state index in [1.807, 2.05) is 5.38 Å². The second-order valence-electron chi connectivity index (χ2n) is 6.84. The number of nitrogens with one attached hydrogen (secondary N) is 1.